The van der Waals surface area contributed by atoms with E-state index in [-0.39, 0.29) is 5.60 Å². The fourth-order valence-corrected chi connectivity index (χ4v) is 3.18. The zero-order chi connectivity index (χ0) is 10.2. The van der Waals surface area contributed by atoms with E-state index < -0.39 is 0 Å². The Morgan fingerprint density at radius 1 is 1.50 bits per heavy atom. The molecule has 0 saturated heterocycles. The molecular formula is C13H22O. The highest BCUT2D eigenvalue weighted by molar-refractivity contribution is 5.18. The second-order valence-corrected chi connectivity index (χ2v) is 5.45. The van der Waals surface area contributed by atoms with Crippen LogP contribution in [-0.2, 0) is 4.74 Å². The van der Waals surface area contributed by atoms with E-state index in [4.69, 9.17) is 4.74 Å². The smallest absolute Gasteiger partial charge is 0.0843 e. The van der Waals surface area contributed by atoms with Crippen LogP contribution in [0.5, 0.6) is 0 Å². The van der Waals surface area contributed by atoms with Gasteiger partial charge in [-0.05, 0) is 58.8 Å². The summed E-state index contributed by atoms with van der Waals surface area (Å²) in [5, 5.41) is 0. The molecule has 1 fully saturated rings. The van der Waals surface area contributed by atoms with Gasteiger partial charge in [-0.25, -0.2) is 0 Å². The van der Waals surface area contributed by atoms with Gasteiger partial charge in [0.05, 0.1) is 11.7 Å². The van der Waals surface area contributed by atoms with E-state index in [1.807, 2.05) is 0 Å². The van der Waals surface area contributed by atoms with Crippen molar-refractivity contribution in [1.82, 2.24) is 0 Å². The average molecular weight is 194 g/mol. The van der Waals surface area contributed by atoms with Crippen LogP contribution in [0.3, 0.4) is 0 Å². The van der Waals surface area contributed by atoms with Gasteiger partial charge in [-0.15, -0.1) is 0 Å². The lowest BCUT2D eigenvalue weighted by atomic mass is 9.73. The Labute approximate surface area is 87.5 Å². The van der Waals surface area contributed by atoms with Crippen LogP contribution in [0.15, 0.2) is 11.6 Å². The lowest BCUT2D eigenvalue weighted by molar-refractivity contribution is -0.0560. The van der Waals surface area contributed by atoms with Gasteiger partial charge >= 0.3 is 0 Å². The molecule has 0 heterocycles. The predicted molar refractivity (Wildman–Crippen MR) is 59.3 cm³/mol. The van der Waals surface area contributed by atoms with Crippen LogP contribution in [0.25, 0.3) is 0 Å². The third kappa shape index (κ3) is 2.20. The third-order valence-corrected chi connectivity index (χ3v) is 3.37. The van der Waals surface area contributed by atoms with Crippen LogP contribution >= 0.6 is 0 Å². The largest absolute Gasteiger partial charge is 0.369 e. The summed E-state index contributed by atoms with van der Waals surface area (Å²) in [4.78, 5) is 0. The summed E-state index contributed by atoms with van der Waals surface area (Å²) in [5.41, 5.74) is 1.68. The van der Waals surface area contributed by atoms with Crippen molar-refractivity contribution >= 4 is 0 Å². The molecular weight excluding hydrogens is 172 g/mol. The maximum absolute atomic E-state index is 6.04. The summed E-state index contributed by atoms with van der Waals surface area (Å²) in [6.07, 6.45) is 9.44. The second kappa shape index (κ2) is 3.69. The van der Waals surface area contributed by atoms with Gasteiger partial charge in [0.2, 0.25) is 0 Å². The topological polar surface area (TPSA) is 9.23 Å². The Balaban J connectivity index is 2.12. The van der Waals surface area contributed by atoms with Gasteiger partial charge < -0.3 is 4.74 Å². The fourth-order valence-electron chi connectivity index (χ4n) is 3.18. The minimum atomic E-state index is 0.0346. The number of hydrogen-bond donors (Lipinski definition) is 0. The van der Waals surface area contributed by atoms with Gasteiger partial charge in [0.1, 0.15) is 0 Å². The van der Waals surface area contributed by atoms with Gasteiger partial charge in [-0.1, -0.05) is 11.6 Å². The lowest BCUT2D eigenvalue weighted by Gasteiger charge is -2.40. The van der Waals surface area contributed by atoms with E-state index in [2.05, 4.69) is 26.8 Å². The van der Waals surface area contributed by atoms with Crippen LogP contribution in [-0.4, -0.2) is 11.7 Å². The van der Waals surface area contributed by atoms with Crippen LogP contribution in [0, 0.1) is 5.92 Å². The molecule has 2 atom stereocenters. The molecule has 0 aromatic carbocycles. The molecule has 2 bridgehead atoms. The SMILES string of the molecule is CC(C)OC1(C)C=C2CCCC(C2)C1. The van der Waals surface area contributed by atoms with Crippen LogP contribution in [0.4, 0.5) is 0 Å². The summed E-state index contributed by atoms with van der Waals surface area (Å²) in [5.74, 6) is 0.896. The average Bonchev–Trinajstić information content (AvgIpc) is 1.99. The molecule has 2 aliphatic rings. The number of hydrogen-bond acceptors (Lipinski definition) is 1. The van der Waals surface area contributed by atoms with E-state index >= 15 is 0 Å². The van der Waals surface area contributed by atoms with Crippen molar-refractivity contribution < 1.29 is 4.74 Å². The Morgan fingerprint density at radius 3 is 2.93 bits per heavy atom. The summed E-state index contributed by atoms with van der Waals surface area (Å²) in [6, 6.07) is 0. The first-order valence-electron chi connectivity index (χ1n) is 5.96. The summed E-state index contributed by atoms with van der Waals surface area (Å²) < 4.78 is 6.04. The quantitative estimate of drug-likeness (QED) is 0.609. The molecule has 0 radical (unpaired) electrons. The Hall–Kier alpha value is -0.300. The van der Waals surface area contributed by atoms with Crippen molar-refractivity contribution in [1.29, 1.82) is 0 Å². The molecule has 0 spiro atoms. The second-order valence-electron chi connectivity index (χ2n) is 5.45. The van der Waals surface area contributed by atoms with Gasteiger partial charge in [0.15, 0.2) is 0 Å². The van der Waals surface area contributed by atoms with Crippen molar-refractivity contribution in [2.24, 2.45) is 5.92 Å². The summed E-state index contributed by atoms with van der Waals surface area (Å²) in [7, 11) is 0. The Morgan fingerprint density at radius 2 is 2.29 bits per heavy atom. The molecule has 0 aromatic rings. The molecule has 2 rings (SSSR count). The minimum Gasteiger partial charge on any atom is -0.369 e. The number of fused-ring (bicyclic) bond motifs is 2. The van der Waals surface area contributed by atoms with Gasteiger partial charge in [-0.3, -0.25) is 0 Å². The van der Waals surface area contributed by atoms with E-state index in [1.54, 1.807) is 5.57 Å². The normalized spacial score (nSPS) is 37.1. The molecule has 0 aliphatic heterocycles. The highest BCUT2D eigenvalue weighted by Gasteiger charge is 2.34. The van der Waals surface area contributed by atoms with Crippen LogP contribution < -0.4 is 0 Å². The Kier molecular flexibility index (Phi) is 2.70. The first-order chi connectivity index (χ1) is 6.57. The van der Waals surface area contributed by atoms with E-state index in [0.29, 0.717) is 6.10 Å². The van der Waals surface area contributed by atoms with Gasteiger partial charge in [0.25, 0.3) is 0 Å². The maximum Gasteiger partial charge on any atom is 0.0843 e. The molecule has 80 valence electrons. The van der Waals surface area contributed by atoms with Crippen molar-refractivity contribution in [3.63, 3.8) is 0 Å². The summed E-state index contributed by atoms with van der Waals surface area (Å²) >= 11 is 0. The van der Waals surface area contributed by atoms with Crippen LogP contribution in [0.1, 0.15) is 52.9 Å². The monoisotopic (exact) mass is 194 g/mol. The standard InChI is InChI=1S/C13H22O/c1-10(2)14-13(3)8-11-5-4-6-12(7-11)9-13/h8,10,12H,4-7,9H2,1-3H3. The molecule has 2 aliphatic carbocycles. The lowest BCUT2D eigenvalue weighted by Crippen LogP contribution is -2.36. The molecule has 0 amide bonds. The Bertz CT molecular complexity index is 242. The van der Waals surface area contributed by atoms with Crippen molar-refractivity contribution in [3.8, 4) is 0 Å². The molecule has 1 nitrogen and oxygen atoms in total. The first-order valence-corrected chi connectivity index (χ1v) is 5.96. The summed E-state index contributed by atoms with van der Waals surface area (Å²) in [6.45, 7) is 6.52. The molecule has 2 unspecified atom stereocenters. The molecule has 0 N–H and O–H groups in total. The van der Waals surface area contributed by atoms with E-state index in [0.717, 1.165) is 5.92 Å². The van der Waals surface area contributed by atoms with Crippen molar-refractivity contribution in [2.45, 2.75) is 64.6 Å². The third-order valence-electron chi connectivity index (χ3n) is 3.37. The highest BCUT2D eigenvalue weighted by atomic mass is 16.5. The molecule has 1 heteroatoms. The number of ether oxygens (including phenoxy) is 1. The van der Waals surface area contributed by atoms with Gasteiger partial charge in [0, 0.05) is 0 Å². The maximum atomic E-state index is 6.04. The predicted octanol–water partition coefficient (Wildman–Crippen LogP) is 3.69. The highest BCUT2D eigenvalue weighted by Crippen LogP contribution is 2.41. The van der Waals surface area contributed by atoms with E-state index in [9.17, 15) is 0 Å². The van der Waals surface area contributed by atoms with E-state index in [1.165, 1.54) is 32.1 Å². The van der Waals surface area contributed by atoms with Gasteiger partial charge in [-0.2, -0.15) is 0 Å². The van der Waals surface area contributed by atoms with Crippen LogP contribution in [0.2, 0.25) is 0 Å². The molecule has 14 heavy (non-hydrogen) atoms. The minimum absolute atomic E-state index is 0.0346. The zero-order valence-electron chi connectivity index (χ0n) is 9.68. The fraction of sp³-hybridized carbons (Fsp3) is 0.846. The first kappa shape index (κ1) is 10.2. The zero-order valence-corrected chi connectivity index (χ0v) is 9.68. The number of rotatable bonds is 2. The molecule has 0 aromatic heterocycles. The van der Waals surface area contributed by atoms with Crippen molar-refractivity contribution in [3.05, 3.63) is 11.6 Å². The number of allylic oxidation sites excluding steroid dienone is 1. The molecule has 1 saturated carbocycles. The van der Waals surface area contributed by atoms with Crippen molar-refractivity contribution in [2.75, 3.05) is 0 Å².